The largest absolute Gasteiger partial charge is 0.371 e. The number of epoxide rings is 1. The number of benzene rings is 1. The van der Waals surface area contributed by atoms with Gasteiger partial charge in [-0.1, -0.05) is 11.6 Å². The first-order valence-corrected chi connectivity index (χ1v) is 5.32. The molecule has 16 heavy (non-hydrogen) atoms. The molecule has 0 N–H and O–H groups in total. The van der Waals surface area contributed by atoms with E-state index in [1.165, 1.54) is 11.0 Å². The topological polar surface area (TPSA) is 49.9 Å². The summed E-state index contributed by atoms with van der Waals surface area (Å²) in [4.78, 5) is 25.0. The van der Waals surface area contributed by atoms with E-state index in [1.54, 1.807) is 12.1 Å². The van der Waals surface area contributed by atoms with E-state index in [4.69, 9.17) is 16.3 Å². The minimum atomic E-state index is -0.280. The summed E-state index contributed by atoms with van der Waals surface area (Å²) in [5, 5.41) is 0.462. The lowest BCUT2D eigenvalue weighted by molar-refractivity contribution is 0.0642. The number of rotatable bonds is 2. The Hall–Kier alpha value is -1.39. The maximum absolute atomic E-state index is 11.9. The van der Waals surface area contributed by atoms with Crippen LogP contribution in [0.5, 0.6) is 0 Å². The molecule has 0 spiro atoms. The van der Waals surface area contributed by atoms with E-state index < -0.39 is 0 Å². The van der Waals surface area contributed by atoms with E-state index in [2.05, 4.69) is 0 Å². The molecule has 1 aromatic rings. The summed E-state index contributed by atoms with van der Waals surface area (Å²) in [7, 11) is 0. The second-order valence-electron chi connectivity index (χ2n) is 3.87. The highest BCUT2D eigenvalue weighted by Gasteiger charge is 2.39. The van der Waals surface area contributed by atoms with Crippen molar-refractivity contribution < 1.29 is 14.3 Å². The average Bonchev–Trinajstić information content (AvgIpc) is 3.04. The van der Waals surface area contributed by atoms with Crippen LogP contribution in [0.15, 0.2) is 18.2 Å². The lowest BCUT2D eigenvalue weighted by Crippen LogP contribution is -2.33. The summed E-state index contributed by atoms with van der Waals surface area (Å²) in [6, 6.07) is 4.74. The van der Waals surface area contributed by atoms with Gasteiger partial charge in [0.2, 0.25) is 0 Å². The highest BCUT2D eigenvalue weighted by molar-refractivity contribution is 6.32. The van der Waals surface area contributed by atoms with Crippen molar-refractivity contribution in [2.45, 2.75) is 6.10 Å². The molecule has 1 atom stereocenters. The summed E-state index contributed by atoms with van der Waals surface area (Å²) in [6.07, 6.45) is 0.0117. The molecule has 82 valence electrons. The number of carbonyl (C=O) groups excluding carboxylic acids is 2. The van der Waals surface area contributed by atoms with Crippen LogP contribution in [0.25, 0.3) is 0 Å². The zero-order chi connectivity index (χ0) is 11.3. The molecule has 2 heterocycles. The van der Waals surface area contributed by atoms with Gasteiger partial charge < -0.3 is 4.74 Å². The second-order valence-corrected chi connectivity index (χ2v) is 4.30. The molecular weight excluding hydrogens is 230 g/mol. The van der Waals surface area contributed by atoms with E-state index in [1.807, 2.05) is 0 Å². The molecule has 5 heteroatoms. The molecule has 3 rings (SSSR count). The number of halogens is 1. The van der Waals surface area contributed by atoms with Crippen molar-refractivity contribution in [3.63, 3.8) is 0 Å². The predicted molar refractivity (Wildman–Crippen MR) is 56.6 cm³/mol. The van der Waals surface area contributed by atoms with Crippen LogP contribution in [0, 0.1) is 0 Å². The standard InChI is InChI=1S/C11H8ClNO3/c12-6-1-2-8-9(3-6)11(15)13(10(8)14)4-7-5-16-7/h1-3,7H,4-5H2. The first kappa shape index (κ1) is 9.81. The van der Waals surface area contributed by atoms with Crippen LogP contribution in [0.3, 0.4) is 0 Å². The summed E-state index contributed by atoms with van der Waals surface area (Å²) < 4.78 is 5.02. The molecule has 1 saturated heterocycles. The summed E-state index contributed by atoms with van der Waals surface area (Å²) in [5.41, 5.74) is 0.813. The van der Waals surface area contributed by atoms with Crippen LogP contribution in [0.1, 0.15) is 20.7 Å². The van der Waals surface area contributed by atoms with Crippen molar-refractivity contribution in [1.29, 1.82) is 0 Å². The van der Waals surface area contributed by atoms with Gasteiger partial charge in [-0.15, -0.1) is 0 Å². The molecule has 0 aromatic heterocycles. The maximum atomic E-state index is 11.9. The normalized spacial score (nSPS) is 22.6. The van der Waals surface area contributed by atoms with Crippen LogP contribution in [-0.2, 0) is 4.74 Å². The van der Waals surface area contributed by atoms with Gasteiger partial charge in [-0.3, -0.25) is 14.5 Å². The monoisotopic (exact) mass is 237 g/mol. The van der Waals surface area contributed by atoms with E-state index in [0.717, 1.165) is 0 Å². The van der Waals surface area contributed by atoms with Gasteiger partial charge in [0.05, 0.1) is 30.4 Å². The molecule has 2 amide bonds. The van der Waals surface area contributed by atoms with Gasteiger partial charge >= 0.3 is 0 Å². The molecular formula is C11H8ClNO3. The minimum absolute atomic E-state index is 0.0117. The highest BCUT2D eigenvalue weighted by Crippen LogP contribution is 2.27. The number of imide groups is 1. The summed E-state index contributed by atoms with van der Waals surface area (Å²) >= 11 is 5.80. The Bertz CT molecular complexity index is 496. The van der Waals surface area contributed by atoms with E-state index in [0.29, 0.717) is 29.3 Å². The molecule has 0 bridgehead atoms. The van der Waals surface area contributed by atoms with Crippen LogP contribution in [0.2, 0.25) is 5.02 Å². The smallest absolute Gasteiger partial charge is 0.261 e. The van der Waals surface area contributed by atoms with Gasteiger partial charge in [0.15, 0.2) is 0 Å². The maximum Gasteiger partial charge on any atom is 0.261 e. The Morgan fingerprint density at radius 2 is 2.00 bits per heavy atom. The molecule has 2 aliphatic rings. The summed E-state index contributed by atoms with van der Waals surface area (Å²) in [5.74, 6) is -0.537. The van der Waals surface area contributed by atoms with Crippen LogP contribution in [-0.4, -0.2) is 36.0 Å². The fourth-order valence-corrected chi connectivity index (χ4v) is 1.98. The van der Waals surface area contributed by atoms with E-state index in [-0.39, 0.29) is 17.9 Å². The number of hydrogen-bond acceptors (Lipinski definition) is 3. The van der Waals surface area contributed by atoms with E-state index in [9.17, 15) is 9.59 Å². The third kappa shape index (κ3) is 1.42. The van der Waals surface area contributed by atoms with Gasteiger partial charge in [0, 0.05) is 5.02 Å². The van der Waals surface area contributed by atoms with Crippen molar-refractivity contribution in [3.8, 4) is 0 Å². The lowest BCUT2D eigenvalue weighted by Gasteiger charge is -2.10. The quantitative estimate of drug-likeness (QED) is 0.576. The average molecular weight is 238 g/mol. The minimum Gasteiger partial charge on any atom is -0.371 e. The molecule has 0 aliphatic carbocycles. The first-order chi connectivity index (χ1) is 7.66. The molecule has 2 aliphatic heterocycles. The van der Waals surface area contributed by atoms with Crippen molar-refractivity contribution in [1.82, 2.24) is 4.90 Å². The highest BCUT2D eigenvalue weighted by atomic mass is 35.5. The Labute approximate surface area is 96.7 Å². The molecule has 1 fully saturated rings. The number of ether oxygens (including phenoxy) is 1. The Balaban J connectivity index is 1.98. The van der Waals surface area contributed by atoms with Crippen molar-refractivity contribution in [2.24, 2.45) is 0 Å². The van der Waals surface area contributed by atoms with Gasteiger partial charge in [-0.05, 0) is 18.2 Å². The molecule has 1 aromatic carbocycles. The first-order valence-electron chi connectivity index (χ1n) is 4.94. The zero-order valence-corrected chi connectivity index (χ0v) is 9.03. The molecule has 1 unspecified atom stereocenters. The Kier molecular flexibility index (Phi) is 2.02. The van der Waals surface area contributed by atoms with Crippen LogP contribution >= 0.6 is 11.6 Å². The van der Waals surface area contributed by atoms with Crippen molar-refractivity contribution in [3.05, 3.63) is 34.3 Å². The zero-order valence-electron chi connectivity index (χ0n) is 8.27. The third-order valence-electron chi connectivity index (χ3n) is 2.72. The van der Waals surface area contributed by atoms with Gasteiger partial charge in [-0.25, -0.2) is 0 Å². The lowest BCUT2D eigenvalue weighted by atomic mass is 10.1. The summed E-state index contributed by atoms with van der Waals surface area (Å²) in [6.45, 7) is 0.956. The van der Waals surface area contributed by atoms with Crippen LogP contribution < -0.4 is 0 Å². The number of amides is 2. The third-order valence-corrected chi connectivity index (χ3v) is 2.96. The fourth-order valence-electron chi connectivity index (χ4n) is 1.81. The predicted octanol–water partition coefficient (Wildman–Crippen LogP) is 1.33. The number of fused-ring (bicyclic) bond motifs is 1. The molecule has 0 radical (unpaired) electrons. The van der Waals surface area contributed by atoms with Crippen LogP contribution in [0.4, 0.5) is 0 Å². The molecule has 0 saturated carbocycles. The van der Waals surface area contributed by atoms with Gasteiger partial charge in [0.1, 0.15) is 0 Å². The van der Waals surface area contributed by atoms with Crippen molar-refractivity contribution in [2.75, 3.05) is 13.2 Å². The second kappa shape index (κ2) is 3.30. The Morgan fingerprint density at radius 3 is 2.69 bits per heavy atom. The number of nitrogens with zero attached hydrogens (tertiary/aromatic N) is 1. The van der Waals surface area contributed by atoms with Gasteiger partial charge in [-0.2, -0.15) is 0 Å². The van der Waals surface area contributed by atoms with E-state index >= 15 is 0 Å². The fraction of sp³-hybridized carbons (Fsp3) is 0.273. The Morgan fingerprint density at radius 1 is 1.31 bits per heavy atom. The SMILES string of the molecule is O=C1c2ccc(Cl)cc2C(=O)N1CC1CO1. The number of carbonyl (C=O) groups is 2. The van der Waals surface area contributed by atoms with Crippen molar-refractivity contribution >= 4 is 23.4 Å². The van der Waals surface area contributed by atoms with Gasteiger partial charge in [0.25, 0.3) is 11.8 Å². The molecule has 4 nitrogen and oxygen atoms in total. The number of hydrogen-bond donors (Lipinski definition) is 0.